The molecule has 1 heterocycles. The summed E-state index contributed by atoms with van der Waals surface area (Å²) in [6.45, 7) is 3.42. The fourth-order valence-electron chi connectivity index (χ4n) is 2.66. The molecule has 1 aliphatic rings. The molecule has 2 rings (SSSR count). The Morgan fingerprint density at radius 1 is 1.39 bits per heavy atom. The van der Waals surface area contributed by atoms with Crippen molar-refractivity contribution in [3.63, 3.8) is 0 Å². The minimum atomic E-state index is -0.753. The SMILES string of the molecule is CNCC1CCCN(Cc2cccc(F)c2F)C1. The van der Waals surface area contributed by atoms with Crippen molar-refractivity contribution in [2.24, 2.45) is 5.92 Å². The predicted octanol–water partition coefficient (Wildman–Crippen LogP) is 2.40. The summed E-state index contributed by atoms with van der Waals surface area (Å²) in [6.07, 6.45) is 2.34. The van der Waals surface area contributed by atoms with Crippen molar-refractivity contribution in [1.29, 1.82) is 0 Å². The summed E-state index contributed by atoms with van der Waals surface area (Å²) in [5.41, 5.74) is 0.458. The number of halogens is 2. The van der Waals surface area contributed by atoms with Crippen LogP contribution >= 0.6 is 0 Å². The second kappa shape index (κ2) is 6.25. The van der Waals surface area contributed by atoms with Crippen LogP contribution in [0.4, 0.5) is 8.78 Å². The maximum Gasteiger partial charge on any atom is 0.163 e. The van der Waals surface area contributed by atoms with E-state index in [1.807, 2.05) is 7.05 Å². The molecule has 1 atom stereocenters. The van der Waals surface area contributed by atoms with E-state index in [1.54, 1.807) is 12.1 Å². The first-order valence-electron chi connectivity index (χ1n) is 6.50. The van der Waals surface area contributed by atoms with Gasteiger partial charge in [-0.15, -0.1) is 0 Å². The van der Waals surface area contributed by atoms with E-state index in [0.717, 1.165) is 26.1 Å². The van der Waals surface area contributed by atoms with Gasteiger partial charge in [0, 0.05) is 18.7 Å². The molecule has 18 heavy (non-hydrogen) atoms. The van der Waals surface area contributed by atoms with Gasteiger partial charge in [-0.3, -0.25) is 4.90 Å². The smallest absolute Gasteiger partial charge is 0.163 e. The normalized spacial score (nSPS) is 21.2. The number of likely N-dealkylation sites (tertiary alicyclic amines) is 1. The molecule has 0 saturated carbocycles. The average molecular weight is 254 g/mol. The Kier molecular flexibility index (Phi) is 4.66. The van der Waals surface area contributed by atoms with Gasteiger partial charge in [-0.1, -0.05) is 12.1 Å². The number of benzene rings is 1. The minimum absolute atomic E-state index is 0.458. The van der Waals surface area contributed by atoms with Crippen molar-refractivity contribution in [3.05, 3.63) is 35.4 Å². The molecule has 0 spiro atoms. The highest BCUT2D eigenvalue weighted by Crippen LogP contribution is 2.20. The molecular weight excluding hydrogens is 234 g/mol. The Labute approximate surface area is 107 Å². The summed E-state index contributed by atoms with van der Waals surface area (Å²) in [5, 5.41) is 3.18. The highest BCUT2D eigenvalue weighted by molar-refractivity contribution is 5.18. The molecule has 2 nitrogen and oxygen atoms in total. The molecule has 1 unspecified atom stereocenters. The van der Waals surface area contributed by atoms with Crippen molar-refractivity contribution in [2.75, 3.05) is 26.7 Å². The van der Waals surface area contributed by atoms with Crippen LogP contribution in [-0.2, 0) is 6.54 Å². The van der Waals surface area contributed by atoms with Gasteiger partial charge in [0.25, 0.3) is 0 Å². The van der Waals surface area contributed by atoms with Crippen LogP contribution in [0.1, 0.15) is 18.4 Å². The fraction of sp³-hybridized carbons (Fsp3) is 0.571. The van der Waals surface area contributed by atoms with Gasteiger partial charge >= 0.3 is 0 Å². The van der Waals surface area contributed by atoms with Crippen LogP contribution < -0.4 is 5.32 Å². The second-order valence-electron chi connectivity index (χ2n) is 5.01. The van der Waals surface area contributed by atoms with Crippen molar-refractivity contribution < 1.29 is 8.78 Å². The van der Waals surface area contributed by atoms with Crippen LogP contribution in [0.2, 0.25) is 0 Å². The zero-order valence-corrected chi connectivity index (χ0v) is 10.8. The zero-order valence-electron chi connectivity index (χ0n) is 10.8. The Hall–Kier alpha value is -1.00. The van der Waals surface area contributed by atoms with E-state index in [0.29, 0.717) is 18.0 Å². The minimum Gasteiger partial charge on any atom is -0.319 e. The monoisotopic (exact) mass is 254 g/mol. The number of hydrogen-bond donors (Lipinski definition) is 1. The van der Waals surface area contributed by atoms with Crippen LogP contribution in [0.15, 0.2) is 18.2 Å². The molecule has 0 radical (unpaired) electrons. The number of rotatable bonds is 4. The van der Waals surface area contributed by atoms with Gasteiger partial charge in [-0.25, -0.2) is 8.78 Å². The molecule has 4 heteroatoms. The molecule has 0 aromatic heterocycles. The Morgan fingerprint density at radius 3 is 3.00 bits per heavy atom. The summed E-state index contributed by atoms with van der Waals surface area (Å²) in [6, 6.07) is 4.40. The van der Waals surface area contributed by atoms with Crippen molar-refractivity contribution >= 4 is 0 Å². The number of hydrogen-bond acceptors (Lipinski definition) is 2. The van der Waals surface area contributed by atoms with Gasteiger partial charge in [0.1, 0.15) is 0 Å². The van der Waals surface area contributed by atoms with Gasteiger partial charge in [0.15, 0.2) is 11.6 Å². The Balaban J connectivity index is 1.98. The molecular formula is C14H20F2N2. The maximum atomic E-state index is 13.6. The van der Waals surface area contributed by atoms with E-state index in [2.05, 4.69) is 10.2 Å². The third kappa shape index (κ3) is 3.27. The molecule has 0 aliphatic carbocycles. The van der Waals surface area contributed by atoms with Gasteiger partial charge < -0.3 is 5.32 Å². The summed E-state index contributed by atoms with van der Waals surface area (Å²) < 4.78 is 26.7. The number of piperidine rings is 1. The summed E-state index contributed by atoms with van der Waals surface area (Å²) >= 11 is 0. The van der Waals surface area contributed by atoms with Gasteiger partial charge in [-0.2, -0.15) is 0 Å². The van der Waals surface area contributed by atoms with E-state index >= 15 is 0 Å². The van der Waals surface area contributed by atoms with E-state index < -0.39 is 11.6 Å². The van der Waals surface area contributed by atoms with E-state index in [-0.39, 0.29) is 0 Å². The van der Waals surface area contributed by atoms with Gasteiger partial charge in [-0.05, 0) is 45.0 Å². The van der Waals surface area contributed by atoms with E-state index in [4.69, 9.17) is 0 Å². The van der Waals surface area contributed by atoms with Gasteiger partial charge in [0.2, 0.25) is 0 Å². The Morgan fingerprint density at radius 2 is 2.22 bits per heavy atom. The quantitative estimate of drug-likeness (QED) is 0.887. The molecule has 1 aromatic rings. The van der Waals surface area contributed by atoms with Gasteiger partial charge in [0.05, 0.1) is 0 Å². The van der Waals surface area contributed by atoms with E-state index in [1.165, 1.54) is 12.5 Å². The topological polar surface area (TPSA) is 15.3 Å². The lowest BCUT2D eigenvalue weighted by Crippen LogP contribution is -2.38. The second-order valence-corrected chi connectivity index (χ2v) is 5.01. The third-order valence-electron chi connectivity index (χ3n) is 3.52. The summed E-state index contributed by atoms with van der Waals surface area (Å²) in [5.74, 6) is -0.843. The average Bonchev–Trinajstić information content (AvgIpc) is 2.36. The first-order valence-corrected chi connectivity index (χ1v) is 6.50. The molecule has 0 bridgehead atoms. The molecule has 1 aromatic carbocycles. The highest BCUT2D eigenvalue weighted by Gasteiger charge is 2.20. The lowest BCUT2D eigenvalue weighted by Gasteiger charge is -2.32. The van der Waals surface area contributed by atoms with E-state index in [9.17, 15) is 8.78 Å². The molecule has 0 amide bonds. The van der Waals surface area contributed by atoms with Crippen molar-refractivity contribution in [1.82, 2.24) is 10.2 Å². The Bertz CT molecular complexity index is 393. The highest BCUT2D eigenvalue weighted by atomic mass is 19.2. The molecule has 1 fully saturated rings. The maximum absolute atomic E-state index is 13.6. The molecule has 1 aliphatic heterocycles. The molecule has 100 valence electrons. The molecule has 1 N–H and O–H groups in total. The third-order valence-corrected chi connectivity index (χ3v) is 3.52. The standard InChI is InChI=1S/C14H20F2N2/c1-17-8-11-4-3-7-18(9-11)10-12-5-2-6-13(15)14(12)16/h2,5-6,11,17H,3-4,7-10H2,1H3. The largest absolute Gasteiger partial charge is 0.319 e. The van der Waals surface area contributed by atoms with Crippen LogP contribution in [0.25, 0.3) is 0 Å². The predicted molar refractivity (Wildman–Crippen MR) is 68.3 cm³/mol. The zero-order chi connectivity index (χ0) is 13.0. The van der Waals surface area contributed by atoms with Crippen molar-refractivity contribution in [3.8, 4) is 0 Å². The number of nitrogens with one attached hydrogen (secondary N) is 1. The van der Waals surface area contributed by atoms with Crippen LogP contribution in [0.5, 0.6) is 0 Å². The lowest BCUT2D eigenvalue weighted by atomic mass is 9.97. The summed E-state index contributed by atoms with van der Waals surface area (Å²) in [4.78, 5) is 2.21. The lowest BCUT2D eigenvalue weighted by molar-refractivity contribution is 0.165. The fourth-order valence-corrected chi connectivity index (χ4v) is 2.66. The molecule has 1 saturated heterocycles. The summed E-state index contributed by atoms with van der Waals surface area (Å²) in [7, 11) is 1.95. The number of nitrogens with zero attached hydrogens (tertiary/aromatic N) is 1. The van der Waals surface area contributed by atoms with Crippen LogP contribution in [0.3, 0.4) is 0 Å². The van der Waals surface area contributed by atoms with Crippen LogP contribution in [-0.4, -0.2) is 31.6 Å². The van der Waals surface area contributed by atoms with Crippen LogP contribution in [0, 0.1) is 17.6 Å². The first-order chi connectivity index (χ1) is 8.70. The first kappa shape index (κ1) is 13.4. The van der Waals surface area contributed by atoms with Crippen molar-refractivity contribution in [2.45, 2.75) is 19.4 Å².